The summed E-state index contributed by atoms with van der Waals surface area (Å²) in [5.41, 5.74) is 0. The first-order valence-corrected chi connectivity index (χ1v) is 20.4. The molecule has 0 spiro atoms. The van der Waals surface area contributed by atoms with Crippen molar-refractivity contribution in [2.24, 2.45) is 0 Å². The van der Waals surface area contributed by atoms with Crippen molar-refractivity contribution in [1.29, 1.82) is 0 Å². The second-order valence-electron chi connectivity index (χ2n) is 14.1. The fourth-order valence-electron chi connectivity index (χ4n) is 6.36. The normalized spacial score (nSPS) is 13.1. The highest BCUT2D eigenvalue weighted by atomic mass is 16.3. The Bertz CT molecular complexity index is 608. The second-order valence-corrected chi connectivity index (χ2v) is 14.1. The number of hydrogen-bond acceptors (Lipinski definition) is 3. The van der Waals surface area contributed by atoms with Gasteiger partial charge in [0.05, 0.1) is 18.8 Å². The minimum Gasteiger partial charge on any atom is -0.394 e. The Morgan fingerprint density at radius 2 is 0.844 bits per heavy atom. The van der Waals surface area contributed by atoms with E-state index in [9.17, 15) is 15.0 Å². The van der Waals surface area contributed by atoms with Gasteiger partial charge in [0.2, 0.25) is 5.91 Å². The zero-order valence-corrected chi connectivity index (χ0v) is 30.7. The lowest BCUT2D eigenvalue weighted by Gasteiger charge is -2.22. The molecule has 0 aliphatic carbocycles. The highest BCUT2D eigenvalue weighted by Gasteiger charge is 2.19. The lowest BCUT2D eigenvalue weighted by Crippen LogP contribution is -2.45. The Morgan fingerprint density at radius 3 is 1.22 bits per heavy atom. The van der Waals surface area contributed by atoms with Crippen LogP contribution in [0.2, 0.25) is 0 Å². The number of unbranched alkanes of at least 4 members (excludes halogenated alkanes) is 28. The molecule has 4 nitrogen and oxygen atoms in total. The Balaban J connectivity index is 3.51. The van der Waals surface area contributed by atoms with E-state index in [4.69, 9.17) is 0 Å². The number of aliphatic hydroxyl groups is 2. The molecule has 0 fully saturated rings. The molecule has 3 N–H and O–H groups in total. The molecule has 0 aromatic carbocycles. The molecular formula is C41H81NO3. The summed E-state index contributed by atoms with van der Waals surface area (Å²) in [7, 11) is 0. The van der Waals surface area contributed by atoms with E-state index in [1.807, 2.05) is 0 Å². The summed E-state index contributed by atoms with van der Waals surface area (Å²) >= 11 is 0. The van der Waals surface area contributed by atoms with Gasteiger partial charge in [0.1, 0.15) is 0 Å². The third-order valence-electron chi connectivity index (χ3n) is 9.53. The smallest absolute Gasteiger partial charge is 0.220 e. The molecule has 0 aliphatic rings. The molecule has 1 amide bonds. The van der Waals surface area contributed by atoms with E-state index in [-0.39, 0.29) is 12.5 Å². The van der Waals surface area contributed by atoms with Crippen molar-refractivity contribution in [3.8, 4) is 0 Å². The molecule has 0 aromatic rings. The Morgan fingerprint density at radius 1 is 0.511 bits per heavy atom. The summed E-state index contributed by atoms with van der Waals surface area (Å²) < 4.78 is 0. The van der Waals surface area contributed by atoms with Crippen LogP contribution in [0.4, 0.5) is 0 Å². The van der Waals surface area contributed by atoms with Gasteiger partial charge in [-0.15, -0.1) is 0 Å². The van der Waals surface area contributed by atoms with Crippen LogP contribution < -0.4 is 5.32 Å². The molecule has 0 heterocycles. The fraction of sp³-hybridized carbons (Fsp3) is 0.927. The van der Waals surface area contributed by atoms with Crippen molar-refractivity contribution in [3.05, 3.63) is 12.2 Å². The standard InChI is InChI=1S/C41H81NO3/c1-3-5-7-9-11-13-15-17-19-20-21-22-23-24-26-28-30-32-34-36-40(44)39(38-43)42-41(45)37-35-33-31-29-27-25-18-16-14-12-10-8-6-4-2/h16,18,39-40,43-44H,3-15,17,19-38H2,1-2H3,(H,42,45)/b18-16-. The summed E-state index contributed by atoms with van der Waals surface area (Å²) in [5.74, 6) is -0.0388. The van der Waals surface area contributed by atoms with Crippen LogP contribution in [-0.2, 0) is 4.79 Å². The van der Waals surface area contributed by atoms with Crippen molar-refractivity contribution in [1.82, 2.24) is 5.32 Å². The van der Waals surface area contributed by atoms with Crippen molar-refractivity contribution in [3.63, 3.8) is 0 Å². The van der Waals surface area contributed by atoms with E-state index in [2.05, 4.69) is 31.3 Å². The maximum absolute atomic E-state index is 12.3. The number of hydrogen-bond donors (Lipinski definition) is 3. The number of amides is 1. The monoisotopic (exact) mass is 636 g/mol. The van der Waals surface area contributed by atoms with E-state index in [1.54, 1.807) is 0 Å². The topological polar surface area (TPSA) is 69.6 Å². The summed E-state index contributed by atoms with van der Waals surface area (Å²) in [6.45, 7) is 4.35. The number of allylic oxidation sites excluding steroid dienone is 2. The number of carbonyl (C=O) groups is 1. The van der Waals surface area contributed by atoms with Crippen molar-refractivity contribution in [2.75, 3.05) is 6.61 Å². The average molecular weight is 636 g/mol. The molecule has 2 atom stereocenters. The van der Waals surface area contributed by atoms with E-state index >= 15 is 0 Å². The molecule has 0 bridgehead atoms. The first-order valence-electron chi connectivity index (χ1n) is 20.4. The molecule has 2 unspecified atom stereocenters. The largest absolute Gasteiger partial charge is 0.394 e. The van der Waals surface area contributed by atoms with Crippen LogP contribution in [0, 0.1) is 0 Å². The van der Waals surface area contributed by atoms with Crippen molar-refractivity contribution >= 4 is 5.91 Å². The minimum atomic E-state index is -0.658. The molecule has 45 heavy (non-hydrogen) atoms. The van der Waals surface area contributed by atoms with Gasteiger partial charge in [-0.1, -0.05) is 193 Å². The summed E-state index contributed by atoms with van der Waals surface area (Å²) in [6, 6.07) is -0.536. The molecule has 0 radical (unpaired) electrons. The molecule has 0 saturated heterocycles. The zero-order chi connectivity index (χ0) is 32.9. The number of carbonyl (C=O) groups excluding carboxylic acids is 1. The number of nitrogens with one attached hydrogen (secondary N) is 1. The first kappa shape index (κ1) is 44.1. The highest BCUT2D eigenvalue weighted by molar-refractivity contribution is 5.76. The quantitative estimate of drug-likeness (QED) is 0.0470. The third-order valence-corrected chi connectivity index (χ3v) is 9.53. The van der Waals surface area contributed by atoms with Gasteiger partial charge in [-0.2, -0.15) is 0 Å². The molecule has 0 aromatic heterocycles. The van der Waals surface area contributed by atoms with Gasteiger partial charge in [-0.3, -0.25) is 4.79 Å². The van der Waals surface area contributed by atoms with Crippen LogP contribution in [-0.4, -0.2) is 34.9 Å². The highest BCUT2D eigenvalue weighted by Crippen LogP contribution is 2.16. The zero-order valence-electron chi connectivity index (χ0n) is 30.7. The van der Waals surface area contributed by atoms with E-state index in [0.717, 1.165) is 25.7 Å². The van der Waals surface area contributed by atoms with Gasteiger partial charge in [-0.25, -0.2) is 0 Å². The van der Waals surface area contributed by atoms with E-state index in [1.165, 1.54) is 173 Å². The number of aliphatic hydroxyl groups excluding tert-OH is 2. The van der Waals surface area contributed by atoms with Gasteiger partial charge >= 0.3 is 0 Å². The maximum atomic E-state index is 12.3. The predicted molar refractivity (Wildman–Crippen MR) is 198 cm³/mol. The van der Waals surface area contributed by atoms with Gasteiger partial charge in [0.25, 0.3) is 0 Å². The predicted octanol–water partition coefficient (Wildman–Crippen LogP) is 12.3. The van der Waals surface area contributed by atoms with Gasteiger partial charge < -0.3 is 15.5 Å². The van der Waals surface area contributed by atoms with Crippen LogP contribution in [0.5, 0.6) is 0 Å². The number of rotatable bonds is 37. The van der Waals surface area contributed by atoms with Crippen molar-refractivity contribution in [2.45, 2.75) is 238 Å². The lowest BCUT2D eigenvalue weighted by atomic mass is 10.0. The second kappa shape index (κ2) is 37.6. The Hall–Kier alpha value is -0.870. The SMILES string of the molecule is CCCCCCC/C=C\CCCCCCCC(=O)NC(CO)C(O)CCCCCCCCCCCCCCCCCCCCC. The Labute approximate surface area is 282 Å². The van der Waals surface area contributed by atoms with Gasteiger partial charge in [0, 0.05) is 6.42 Å². The van der Waals surface area contributed by atoms with E-state index in [0.29, 0.717) is 12.8 Å². The maximum Gasteiger partial charge on any atom is 0.220 e. The third kappa shape index (κ3) is 34.3. The van der Waals surface area contributed by atoms with Crippen LogP contribution >= 0.6 is 0 Å². The molecule has 4 heteroatoms. The average Bonchev–Trinajstić information content (AvgIpc) is 3.04. The Kier molecular flexibility index (Phi) is 36.9. The van der Waals surface area contributed by atoms with Crippen molar-refractivity contribution < 1.29 is 15.0 Å². The lowest BCUT2D eigenvalue weighted by molar-refractivity contribution is -0.123. The van der Waals surface area contributed by atoms with Crippen LogP contribution in [0.15, 0.2) is 12.2 Å². The molecule has 0 aliphatic heterocycles. The van der Waals surface area contributed by atoms with Gasteiger partial charge in [0.15, 0.2) is 0 Å². The summed E-state index contributed by atoms with van der Waals surface area (Å²) in [6.07, 6.45) is 45.6. The minimum absolute atomic E-state index is 0.0388. The fourth-order valence-corrected chi connectivity index (χ4v) is 6.36. The first-order chi connectivity index (χ1) is 22.2. The molecule has 0 saturated carbocycles. The van der Waals surface area contributed by atoms with Crippen LogP contribution in [0.3, 0.4) is 0 Å². The van der Waals surface area contributed by atoms with Crippen LogP contribution in [0.25, 0.3) is 0 Å². The molecular weight excluding hydrogens is 554 g/mol. The summed E-state index contributed by atoms with van der Waals surface area (Å²) in [5, 5.41) is 23.1. The van der Waals surface area contributed by atoms with E-state index < -0.39 is 12.1 Å². The summed E-state index contributed by atoms with van der Waals surface area (Å²) in [4.78, 5) is 12.3. The molecule has 0 rings (SSSR count). The molecule has 268 valence electrons. The van der Waals surface area contributed by atoms with Crippen LogP contribution in [0.1, 0.15) is 226 Å². The van der Waals surface area contributed by atoms with Gasteiger partial charge in [-0.05, 0) is 38.5 Å².